The molecule has 1 amide bonds. The number of rotatable bonds is 5. The van der Waals surface area contributed by atoms with Gasteiger partial charge in [0.1, 0.15) is 5.75 Å². The molecule has 1 unspecified atom stereocenters. The van der Waals surface area contributed by atoms with E-state index in [9.17, 15) is 4.79 Å². The third-order valence-electron chi connectivity index (χ3n) is 2.27. The number of carbonyl (C=O) groups excluding carboxylic acids is 1. The van der Waals surface area contributed by atoms with E-state index in [2.05, 4.69) is 5.16 Å². The first kappa shape index (κ1) is 13.0. The van der Waals surface area contributed by atoms with Crippen molar-refractivity contribution >= 4 is 11.6 Å². The van der Waals surface area contributed by atoms with E-state index < -0.39 is 12.0 Å². The second-order valence-corrected chi connectivity index (χ2v) is 3.82. The Bertz CT molecular complexity index is 412. The van der Waals surface area contributed by atoms with E-state index in [1.807, 2.05) is 12.1 Å². The zero-order valence-electron chi connectivity index (χ0n) is 9.88. The van der Waals surface area contributed by atoms with Gasteiger partial charge in [-0.2, -0.15) is 0 Å². The van der Waals surface area contributed by atoms with Gasteiger partial charge in [0.25, 0.3) is 5.91 Å². The second-order valence-electron chi connectivity index (χ2n) is 3.82. The van der Waals surface area contributed by atoms with Crippen LogP contribution in [0.1, 0.15) is 19.4 Å². The number of oxime groups is 1. The highest BCUT2D eigenvalue weighted by molar-refractivity contribution is 5.83. The van der Waals surface area contributed by atoms with Gasteiger partial charge in [0.15, 0.2) is 6.10 Å². The number of primary amides is 1. The summed E-state index contributed by atoms with van der Waals surface area (Å²) in [5, 5.41) is 11.6. The molecular weight excluding hydrogens is 220 g/mol. The van der Waals surface area contributed by atoms with Gasteiger partial charge in [0, 0.05) is 6.42 Å². The lowest BCUT2D eigenvalue weighted by molar-refractivity contribution is -0.123. The summed E-state index contributed by atoms with van der Waals surface area (Å²) in [7, 11) is 0. The van der Waals surface area contributed by atoms with E-state index >= 15 is 0 Å². The quantitative estimate of drug-likeness (QED) is 0.459. The lowest BCUT2D eigenvalue weighted by Crippen LogP contribution is -2.30. The van der Waals surface area contributed by atoms with Gasteiger partial charge in [-0.05, 0) is 31.5 Å². The maximum Gasteiger partial charge on any atom is 0.258 e. The second kappa shape index (κ2) is 5.89. The van der Waals surface area contributed by atoms with Gasteiger partial charge >= 0.3 is 0 Å². The van der Waals surface area contributed by atoms with Gasteiger partial charge in [0.2, 0.25) is 0 Å². The number of nitrogens with two attached hydrogens (primary N) is 1. The fraction of sp³-hybridized carbons (Fsp3) is 0.333. The molecule has 1 aromatic rings. The van der Waals surface area contributed by atoms with Crippen molar-refractivity contribution in [2.24, 2.45) is 10.9 Å². The van der Waals surface area contributed by atoms with Gasteiger partial charge in [-0.25, -0.2) is 0 Å². The van der Waals surface area contributed by atoms with Crippen LogP contribution in [-0.4, -0.2) is 22.9 Å². The molecule has 0 aromatic heterocycles. The van der Waals surface area contributed by atoms with Crippen LogP contribution in [0, 0.1) is 0 Å². The molecule has 0 aliphatic carbocycles. The number of nitrogens with zero attached hydrogens (tertiary/aromatic N) is 1. The van der Waals surface area contributed by atoms with Gasteiger partial charge in [-0.3, -0.25) is 4.79 Å². The van der Waals surface area contributed by atoms with E-state index in [0.717, 1.165) is 5.56 Å². The maximum absolute atomic E-state index is 10.8. The van der Waals surface area contributed by atoms with Crippen LogP contribution in [0.15, 0.2) is 29.4 Å². The maximum atomic E-state index is 10.8. The molecule has 3 N–H and O–H groups in total. The number of carbonyl (C=O) groups is 1. The first-order chi connectivity index (χ1) is 8.02. The van der Waals surface area contributed by atoms with E-state index in [-0.39, 0.29) is 0 Å². The first-order valence-corrected chi connectivity index (χ1v) is 5.25. The van der Waals surface area contributed by atoms with Gasteiger partial charge in [-0.1, -0.05) is 17.3 Å². The molecule has 0 aliphatic rings. The number of benzene rings is 1. The van der Waals surface area contributed by atoms with Crippen LogP contribution in [0.3, 0.4) is 0 Å². The molecule has 0 heterocycles. The van der Waals surface area contributed by atoms with Crippen LogP contribution in [0.5, 0.6) is 5.75 Å². The molecule has 92 valence electrons. The van der Waals surface area contributed by atoms with Crippen molar-refractivity contribution in [1.29, 1.82) is 0 Å². The van der Waals surface area contributed by atoms with Crippen molar-refractivity contribution in [2.45, 2.75) is 26.4 Å². The summed E-state index contributed by atoms with van der Waals surface area (Å²) in [5.74, 6) is 0.0796. The molecule has 0 spiro atoms. The number of ether oxygens (including phenoxy) is 1. The minimum Gasteiger partial charge on any atom is -0.481 e. The average molecular weight is 236 g/mol. The van der Waals surface area contributed by atoms with Crippen molar-refractivity contribution in [3.8, 4) is 5.75 Å². The molecule has 1 rings (SSSR count). The van der Waals surface area contributed by atoms with Crippen LogP contribution >= 0.6 is 0 Å². The van der Waals surface area contributed by atoms with Crippen LogP contribution in [0.4, 0.5) is 0 Å². The zero-order chi connectivity index (χ0) is 12.8. The van der Waals surface area contributed by atoms with Crippen molar-refractivity contribution in [3.05, 3.63) is 29.8 Å². The molecule has 0 saturated carbocycles. The predicted molar refractivity (Wildman–Crippen MR) is 64.3 cm³/mol. The first-order valence-electron chi connectivity index (χ1n) is 5.25. The number of hydrogen-bond donors (Lipinski definition) is 2. The van der Waals surface area contributed by atoms with Gasteiger partial charge < -0.3 is 15.7 Å². The molecule has 5 heteroatoms. The molecule has 1 aromatic carbocycles. The molecule has 0 fully saturated rings. The third-order valence-corrected chi connectivity index (χ3v) is 2.27. The highest BCUT2D eigenvalue weighted by Gasteiger charge is 2.09. The molecule has 0 aliphatic heterocycles. The Balaban J connectivity index is 2.65. The van der Waals surface area contributed by atoms with E-state index in [0.29, 0.717) is 17.9 Å². The van der Waals surface area contributed by atoms with Crippen molar-refractivity contribution in [1.82, 2.24) is 0 Å². The lowest BCUT2D eigenvalue weighted by atomic mass is 10.1. The van der Waals surface area contributed by atoms with Gasteiger partial charge in [0.05, 0.1) is 5.71 Å². The van der Waals surface area contributed by atoms with E-state index in [1.165, 1.54) is 0 Å². The Hall–Kier alpha value is -2.04. The Morgan fingerprint density at radius 2 is 2.06 bits per heavy atom. The molecule has 0 radical (unpaired) electrons. The zero-order valence-corrected chi connectivity index (χ0v) is 9.88. The monoisotopic (exact) mass is 236 g/mol. The highest BCUT2D eigenvalue weighted by Crippen LogP contribution is 2.14. The normalized spacial score (nSPS) is 13.2. The molecule has 1 atom stereocenters. The molecule has 17 heavy (non-hydrogen) atoms. The topological polar surface area (TPSA) is 84.9 Å². The fourth-order valence-electron chi connectivity index (χ4n) is 1.28. The van der Waals surface area contributed by atoms with E-state index in [4.69, 9.17) is 15.7 Å². The summed E-state index contributed by atoms with van der Waals surface area (Å²) in [4.78, 5) is 10.8. The number of amides is 1. The standard InChI is InChI=1S/C12H16N2O3/c1-8(14-16)7-10-3-5-11(6-4-10)17-9(2)12(13)15/h3-6,9,16H,7H2,1-2H3,(H2,13,15)/b14-8+. The Labute approximate surface area is 99.9 Å². The summed E-state index contributed by atoms with van der Waals surface area (Å²) in [6, 6.07) is 7.19. The van der Waals surface area contributed by atoms with Gasteiger partial charge in [-0.15, -0.1) is 0 Å². The highest BCUT2D eigenvalue weighted by atomic mass is 16.5. The summed E-state index contributed by atoms with van der Waals surface area (Å²) < 4.78 is 5.31. The average Bonchev–Trinajstić information content (AvgIpc) is 2.31. The Morgan fingerprint density at radius 1 is 1.47 bits per heavy atom. The van der Waals surface area contributed by atoms with Crippen molar-refractivity contribution < 1.29 is 14.7 Å². The van der Waals surface area contributed by atoms with Crippen molar-refractivity contribution in [2.75, 3.05) is 0 Å². The van der Waals surface area contributed by atoms with Crippen LogP contribution in [0.25, 0.3) is 0 Å². The third kappa shape index (κ3) is 4.14. The minimum absolute atomic E-state index is 0.502. The molecule has 0 saturated heterocycles. The fourth-order valence-corrected chi connectivity index (χ4v) is 1.28. The lowest BCUT2D eigenvalue weighted by Gasteiger charge is -2.11. The molecule has 0 bridgehead atoms. The summed E-state index contributed by atoms with van der Waals surface area (Å²) in [6.45, 7) is 3.33. The van der Waals surface area contributed by atoms with Crippen LogP contribution < -0.4 is 10.5 Å². The van der Waals surface area contributed by atoms with Crippen LogP contribution in [-0.2, 0) is 11.2 Å². The minimum atomic E-state index is -0.651. The summed E-state index contributed by atoms with van der Waals surface area (Å²) in [5.41, 5.74) is 6.72. The summed E-state index contributed by atoms with van der Waals surface area (Å²) in [6.07, 6.45) is -0.0797. The number of hydrogen-bond acceptors (Lipinski definition) is 4. The largest absolute Gasteiger partial charge is 0.481 e. The summed E-state index contributed by atoms with van der Waals surface area (Å²) >= 11 is 0. The smallest absolute Gasteiger partial charge is 0.258 e. The van der Waals surface area contributed by atoms with E-state index in [1.54, 1.807) is 26.0 Å². The predicted octanol–water partition coefficient (Wildman–Crippen LogP) is 1.33. The Morgan fingerprint density at radius 3 is 2.53 bits per heavy atom. The molecule has 5 nitrogen and oxygen atoms in total. The van der Waals surface area contributed by atoms with Crippen LogP contribution in [0.2, 0.25) is 0 Å². The Kier molecular flexibility index (Phi) is 4.51. The van der Waals surface area contributed by atoms with Crippen molar-refractivity contribution in [3.63, 3.8) is 0 Å². The SMILES string of the molecule is C/C(Cc1ccc(OC(C)C(N)=O)cc1)=N\O. The molecular formula is C12H16N2O3.